The number of unbranched alkanes of at least 4 members (excludes halogenated alkanes) is 1. The molecule has 0 radical (unpaired) electrons. The molecule has 1 aliphatic heterocycles. The first-order chi connectivity index (χ1) is 8.57. The molecule has 18 heavy (non-hydrogen) atoms. The molecule has 1 atom stereocenters. The fourth-order valence-electron chi connectivity index (χ4n) is 2.41. The maximum absolute atomic E-state index is 8.96. The predicted molar refractivity (Wildman–Crippen MR) is 74.3 cm³/mol. The molecule has 1 unspecified atom stereocenters. The predicted octanol–water partition coefficient (Wildman–Crippen LogP) is 3.21. The van der Waals surface area contributed by atoms with Crippen LogP contribution in [0, 0.1) is 16.7 Å². The lowest BCUT2D eigenvalue weighted by Gasteiger charge is -2.24. The van der Waals surface area contributed by atoms with Crippen molar-refractivity contribution in [1.82, 2.24) is 4.90 Å². The summed E-state index contributed by atoms with van der Waals surface area (Å²) in [6.45, 7) is 10.5. The van der Waals surface area contributed by atoms with Gasteiger partial charge in [0.1, 0.15) is 0 Å². The minimum absolute atomic E-state index is 0.161. The Hall–Kier alpha value is -0.590. The van der Waals surface area contributed by atoms with E-state index in [1.165, 1.54) is 19.3 Å². The van der Waals surface area contributed by atoms with Gasteiger partial charge in [0, 0.05) is 13.2 Å². The van der Waals surface area contributed by atoms with E-state index in [1.807, 2.05) is 13.8 Å². The molecular weight excluding hydrogens is 224 g/mol. The second-order valence-corrected chi connectivity index (χ2v) is 5.98. The first-order valence-corrected chi connectivity index (χ1v) is 7.32. The van der Waals surface area contributed by atoms with Crippen LogP contribution < -0.4 is 0 Å². The van der Waals surface area contributed by atoms with Crippen molar-refractivity contribution in [2.75, 3.05) is 26.2 Å². The summed E-state index contributed by atoms with van der Waals surface area (Å²) in [5.74, 6) is 0. The number of hydrogen-bond donors (Lipinski definition) is 0. The van der Waals surface area contributed by atoms with E-state index >= 15 is 0 Å². The molecule has 1 aliphatic rings. The van der Waals surface area contributed by atoms with Gasteiger partial charge in [0.25, 0.3) is 0 Å². The van der Waals surface area contributed by atoms with Crippen LogP contribution in [0.2, 0.25) is 0 Å². The molecule has 3 nitrogen and oxygen atoms in total. The number of nitrogens with zero attached hydrogens (tertiary/aromatic N) is 2. The molecule has 104 valence electrons. The van der Waals surface area contributed by atoms with Gasteiger partial charge in [-0.2, -0.15) is 5.26 Å². The van der Waals surface area contributed by atoms with Crippen LogP contribution in [-0.2, 0) is 4.74 Å². The van der Waals surface area contributed by atoms with Crippen LogP contribution in [-0.4, -0.2) is 37.2 Å². The zero-order chi connectivity index (χ0) is 13.4. The van der Waals surface area contributed by atoms with E-state index in [-0.39, 0.29) is 5.41 Å². The molecule has 0 saturated carbocycles. The van der Waals surface area contributed by atoms with Gasteiger partial charge in [0.15, 0.2) is 0 Å². The molecule has 0 aromatic heterocycles. The highest BCUT2D eigenvalue weighted by molar-refractivity contribution is 4.91. The van der Waals surface area contributed by atoms with Crippen molar-refractivity contribution in [2.24, 2.45) is 5.41 Å². The van der Waals surface area contributed by atoms with Crippen LogP contribution in [0.1, 0.15) is 52.9 Å². The van der Waals surface area contributed by atoms with E-state index in [0.717, 1.165) is 39.1 Å². The van der Waals surface area contributed by atoms with Gasteiger partial charge < -0.3 is 9.64 Å². The SMILES string of the molecule is CCN(CCCCC(C)(C)C#N)CC1CCCO1. The lowest BCUT2D eigenvalue weighted by Crippen LogP contribution is -2.33. The lowest BCUT2D eigenvalue weighted by molar-refractivity contribution is 0.0741. The summed E-state index contributed by atoms with van der Waals surface area (Å²) in [6, 6.07) is 2.37. The summed E-state index contributed by atoms with van der Waals surface area (Å²) in [7, 11) is 0. The van der Waals surface area contributed by atoms with Crippen molar-refractivity contribution in [3.05, 3.63) is 0 Å². The topological polar surface area (TPSA) is 36.3 Å². The van der Waals surface area contributed by atoms with E-state index < -0.39 is 0 Å². The first kappa shape index (κ1) is 15.5. The standard InChI is InChI=1S/C15H28N2O/c1-4-17(12-14-8-7-11-18-14)10-6-5-9-15(2,3)13-16/h14H,4-12H2,1-3H3. The van der Waals surface area contributed by atoms with Crippen molar-refractivity contribution in [3.8, 4) is 6.07 Å². The number of likely N-dealkylation sites (N-methyl/N-ethyl adjacent to an activating group) is 1. The third-order valence-corrected chi connectivity index (χ3v) is 3.76. The molecule has 0 aliphatic carbocycles. The molecule has 0 aromatic carbocycles. The summed E-state index contributed by atoms with van der Waals surface area (Å²) >= 11 is 0. The van der Waals surface area contributed by atoms with Gasteiger partial charge in [-0.15, -0.1) is 0 Å². The zero-order valence-electron chi connectivity index (χ0n) is 12.2. The normalized spacial score (nSPS) is 20.3. The second-order valence-electron chi connectivity index (χ2n) is 5.98. The molecule has 1 saturated heterocycles. The maximum atomic E-state index is 8.96. The third kappa shape index (κ3) is 5.84. The summed E-state index contributed by atoms with van der Waals surface area (Å²) in [4.78, 5) is 2.48. The van der Waals surface area contributed by atoms with Crippen molar-refractivity contribution in [1.29, 1.82) is 5.26 Å². The highest BCUT2D eigenvalue weighted by Gasteiger charge is 2.19. The summed E-state index contributed by atoms with van der Waals surface area (Å²) in [5, 5.41) is 8.96. The monoisotopic (exact) mass is 252 g/mol. The number of rotatable bonds is 8. The lowest BCUT2D eigenvalue weighted by atomic mass is 9.89. The van der Waals surface area contributed by atoms with E-state index in [1.54, 1.807) is 0 Å². The van der Waals surface area contributed by atoms with Crippen LogP contribution in [0.5, 0.6) is 0 Å². The van der Waals surface area contributed by atoms with Gasteiger partial charge in [-0.3, -0.25) is 0 Å². The minimum atomic E-state index is -0.161. The van der Waals surface area contributed by atoms with Crippen molar-refractivity contribution in [3.63, 3.8) is 0 Å². The molecule has 0 aromatic rings. The summed E-state index contributed by atoms with van der Waals surface area (Å²) in [5.41, 5.74) is -0.161. The average molecular weight is 252 g/mol. The number of nitriles is 1. The third-order valence-electron chi connectivity index (χ3n) is 3.76. The Labute approximate surface area is 112 Å². The van der Waals surface area contributed by atoms with Gasteiger partial charge in [-0.25, -0.2) is 0 Å². The van der Waals surface area contributed by atoms with E-state index in [9.17, 15) is 0 Å². The highest BCUT2D eigenvalue weighted by atomic mass is 16.5. The quantitative estimate of drug-likeness (QED) is 0.622. The van der Waals surface area contributed by atoms with Gasteiger partial charge in [-0.05, 0) is 52.6 Å². The van der Waals surface area contributed by atoms with Crippen LogP contribution >= 0.6 is 0 Å². The molecule has 0 bridgehead atoms. The Balaban J connectivity index is 2.13. The number of hydrogen-bond acceptors (Lipinski definition) is 3. The highest BCUT2D eigenvalue weighted by Crippen LogP contribution is 2.21. The Morgan fingerprint density at radius 2 is 2.17 bits per heavy atom. The molecule has 0 amide bonds. The van der Waals surface area contributed by atoms with Crippen LogP contribution in [0.4, 0.5) is 0 Å². The number of ether oxygens (including phenoxy) is 1. The van der Waals surface area contributed by atoms with Gasteiger partial charge in [-0.1, -0.05) is 13.3 Å². The van der Waals surface area contributed by atoms with E-state index in [0.29, 0.717) is 6.10 Å². The van der Waals surface area contributed by atoms with Crippen LogP contribution in [0.15, 0.2) is 0 Å². The fourth-order valence-corrected chi connectivity index (χ4v) is 2.41. The molecule has 0 N–H and O–H groups in total. The smallest absolute Gasteiger partial charge is 0.0702 e. The molecule has 1 rings (SSSR count). The summed E-state index contributed by atoms with van der Waals surface area (Å²) < 4.78 is 5.68. The van der Waals surface area contributed by atoms with Crippen LogP contribution in [0.3, 0.4) is 0 Å². The van der Waals surface area contributed by atoms with E-state index in [4.69, 9.17) is 10.00 Å². The second kappa shape index (κ2) is 7.76. The van der Waals surface area contributed by atoms with E-state index in [2.05, 4.69) is 17.9 Å². The maximum Gasteiger partial charge on any atom is 0.0702 e. The van der Waals surface area contributed by atoms with Gasteiger partial charge in [0.2, 0.25) is 0 Å². The fraction of sp³-hybridized carbons (Fsp3) is 0.933. The molecule has 1 heterocycles. The Morgan fingerprint density at radius 1 is 1.39 bits per heavy atom. The van der Waals surface area contributed by atoms with Crippen molar-refractivity contribution < 1.29 is 4.74 Å². The molecular formula is C15H28N2O. The molecule has 1 fully saturated rings. The minimum Gasteiger partial charge on any atom is -0.377 e. The Bertz CT molecular complexity index is 264. The molecule has 0 spiro atoms. The summed E-state index contributed by atoms with van der Waals surface area (Å²) in [6.07, 6.45) is 6.23. The van der Waals surface area contributed by atoms with Crippen molar-refractivity contribution >= 4 is 0 Å². The van der Waals surface area contributed by atoms with Gasteiger partial charge in [0.05, 0.1) is 17.6 Å². The van der Waals surface area contributed by atoms with Crippen LogP contribution in [0.25, 0.3) is 0 Å². The first-order valence-electron chi connectivity index (χ1n) is 7.32. The Morgan fingerprint density at radius 3 is 2.72 bits per heavy atom. The van der Waals surface area contributed by atoms with Crippen molar-refractivity contribution in [2.45, 2.75) is 59.0 Å². The largest absolute Gasteiger partial charge is 0.377 e. The van der Waals surface area contributed by atoms with Gasteiger partial charge >= 0.3 is 0 Å². The Kier molecular flexibility index (Phi) is 6.67. The zero-order valence-corrected chi connectivity index (χ0v) is 12.2. The molecule has 3 heteroatoms. The average Bonchev–Trinajstić information content (AvgIpc) is 2.86.